The van der Waals surface area contributed by atoms with E-state index >= 15 is 0 Å². The first-order valence-corrected chi connectivity index (χ1v) is 6.18. The van der Waals surface area contributed by atoms with E-state index in [1.807, 2.05) is 31.2 Å². The predicted octanol–water partition coefficient (Wildman–Crippen LogP) is 2.41. The quantitative estimate of drug-likeness (QED) is 0.831. The first-order chi connectivity index (χ1) is 9.02. The Bertz CT molecular complexity index is 429. The zero-order chi connectivity index (χ0) is 14.3. The lowest BCUT2D eigenvalue weighted by Gasteiger charge is -2.17. The molecule has 104 valence electrons. The molecule has 0 saturated heterocycles. The van der Waals surface area contributed by atoms with E-state index in [0.29, 0.717) is 19.4 Å². The lowest BCUT2D eigenvalue weighted by atomic mass is 10.2. The molecule has 19 heavy (non-hydrogen) atoms. The Morgan fingerprint density at radius 1 is 1.26 bits per heavy atom. The zero-order valence-electron chi connectivity index (χ0n) is 11.6. The summed E-state index contributed by atoms with van der Waals surface area (Å²) in [6, 6.07) is 7.40. The standard InChI is InChI=1S/C14H20N2O3/c1-11-6-8-12(9-7-11)15-14(18)16(2)10-4-5-13(17)19-3/h6-9H,4-5,10H2,1-3H3,(H,15,18). The van der Waals surface area contributed by atoms with Crippen molar-refractivity contribution in [2.75, 3.05) is 26.0 Å². The number of carbonyl (C=O) groups excluding carboxylic acids is 2. The molecule has 0 atom stereocenters. The van der Waals surface area contributed by atoms with Crippen LogP contribution in [0.1, 0.15) is 18.4 Å². The number of amides is 2. The molecule has 1 N–H and O–H groups in total. The minimum Gasteiger partial charge on any atom is -0.469 e. The summed E-state index contributed by atoms with van der Waals surface area (Å²) < 4.78 is 4.54. The highest BCUT2D eigenvalue weighted by molar-refractivity contribution is 5.89. The first kappa shape index (κ1) is 15.0. The number of urea groups is 1. The molecule has 5 heteroatoms. The van der Waals surface area contributed by atoms with Crippen molar-refractivity contribution in [3.63, 3.8) is 0 Å². The number of esters is 1. The van der Waals surface area contributed by atoms with Crippen molar-refractivity contribution in [1.82, 2.24) is 4.90 Å². The van der Waals surface area contributed by atoms with E-state index in [9.17, 15) is 9.59 Å². The third-order valence-corrected chi connectivity index (χ3v) is 2.75. The molecule has 1 aromatic carbocycles. The van der Waals surface area contributed by atoms with Gasteiger partial charge in [0.2, 0.25) is 0 Å². The number of carbonyl (C=O) groups is 2. The normalized spacial score (nSPS) is 9.84. The second-order valence-corrected chi connectivity index (χ2v) is 4.40. The smallest absolute Gasteiger partial charge is 0.321 e. The van der Waals surface area contributed by atoms with Crippen LogP contribution in [0.25, 0.3) is 0 Å². The second-order valence-electron chi connectivity index (χ2n) is 4.40. The summed E-state index contributed by atoms with van der Waals surface area (Å²) >= 11 is 0. The third-order valence-electron chi connectivity index (χ3n) is 2.75. The van der Waals surface area contributed by atoms with Crippen LogP contribution >= 0.6 is 0 Å². The molecular formula is C14H20N2O3. The van der Waals surface area contributed by atoms with Crippen LogP contribution < -0.4 is 5.32 Å². The molecular weight excluding hydrogens is 244 g/mol. The molecule has 2 amide bonds. The summed E-state index contributed by atoms with van der Waals surface area (Å²) in [7, 11) is 3.05. The van der Waals surface area contributed by atoms with Gasteiger partial charge < -0.3 is 15.0 Å². The molecule has 5 nitrogen and oxygen atoms in total. The number of methoxy groups -OCH3 is 1. The molecule has 0 aliphatic rings. The molecule has 1 rings (SSSR count). The van der Waals surface area contributed by atoms with Crippen molar-refractivity contribution in [3.8, 4) is 0 Å². The Kier molecular flexibility index (Phi) is 5.85. The summed E-state index contributed by atoms with van der Waals surface area (Å²) in [5.41, 5.74) is 1.90. The molecule has 0 saturated carbocycles. The number of benzene rings is 1. The Labute approximate surface area is 113 Å². The van der Waals surface area contributed by atoms with E-state index in [4.69, 9.17) is 0 Å². The molecule has 0 aromatic heterocycles. The number of hydrogen-bond acceptors (Lipinski definition) is 3. The van der Waals surface area contributed by atoms with E-state index in [1.165, 1.54) is 7.11 Å². The minimum absolute atomic E-state index is 0.186. The molecule has 0 unspecified atom stereocenters. The van der Waals surface area contributed by atoms with Gasteiger partial charge in [-0.1, -0.05) is 17.7 Å². The van der Waals surface area contributed by atoms with Gasteiger partial charge in [0.05, 0.1) is 7.11 Å². The molecule has 0 bridgehead atoms. The number of aryl methyl sites for hydroxylation is 1. The monoisotopic (exact) mass is 264 g/mol. The van der Waals surface area contributed by atoms with Gasteiger partial charge in [0.25, 0.3) is 0 Å². The fraction of sp³-hybridized carbons (Fsp3) is 0.429. The van der Waals surface area contributed by atoms with E-state index in [-0.39, 0.29) is 12.0 Å². The first-order valence-electron chi connectivity index (χ1n) is 6.18. The number of ether oxygens (including phenoxy) is 1. The highest BCUT2D eigenvalue weighted by Crippen LogP contribution is 2.09. The van der Waals surface area contributed by atoms with E-state index < -0.39 is 0 Å². The van der Waals surface area contributed by atoms with Crippen molar-refractivity contribution in [2.24, 2.45) is 0 Å². The molecule has 0 fully saturated rings. The molecule has 0 heterocycles. The highest BCUT2D eigenvalue weighted by atomic mass is 16.5. The summed E-state index contributed by atoms with van der Waals surface area (Å²) in [4.78, 5) is 24.3. The van der Waals surface area contributed by atoms with Crippen LogP contribution in [0.2, 0.25) is 0 Å². The fourth-order valence-corrected chi connectivity index (χ4v) is 1.52. The van der Waals surface area contributed by atoms with Gasteiger partial charge in [-0.25, -0.2) is 4.79 Å². The summed E-state index contributed by atoms with van der Waals surface area (Å²) in [5, 5.41) is 2.79. The molecule has 0 aliphatic carbocycles. The number of anilines is 1. The van der Waals surface area contributed by atoms with Gasteiger partial charge in [-0.15, -0.1) is 0 Å². The van der Waals surface area contributed by atoms with Gasteiger partial charge >= 0.3 is 12.0 Å². The van der Waals surface area contributed by atoms with Crippen LogP contribution in [0.3, 0.4) is 0 Å². The average molecular weight is 264 g/mol. The maximum atomic E-state index is 11.8. The Hall–Kier alpha value is -2.04. The molecule has 1 aromatic rings. The van der Waals surface area contributed by atoms with Crippen LogP contribution in [-0.4, -0.2) is 37.6 Å². The van der Waals surface area contributed by atoms with Crippen molar-refractivity contribution in [2.45, 2.75) is 19.8 Å². The van der Waals surface area contributed by atoms with Crippen molar-refractivity contribution in [1.29, 1.82) is 0 Å². The molecule has 0 spiro atoms. The average Bonchev–Trinajstić information content (AvgIpc) is 2.40. The van der Waals surface area contributed by atoms with Gasteiger partial charge in [-0.05, 0) is 25.5 Å². The van der Waals surface area contributed by atoms with Crippen LogP contribution in [0, 0.1) is 6.92 Å². The van der Waals surface area contributed by atoms with Crippen molar-refractivity contribution < 1.29 is 14.3 Å². The van der Waals surface area contributed by atoms with Crippen LogP contribution in [-0.2, 0) is 9.53 Å². The summed E-state index contributed by atoms with van der Waals surface area (Å²) in [5.74, 6) is -0.257. The summed E-state index contributed by atoms with van der Waals surface area (Å²) in [6.07, 6.45) is 0.906. The van der Waals surface area contributed by atoms with Crippen molar-refractivity contribution in [3.05, 3.63) is 29.8 Å². The van der Waals surface area contributed by atoms with Crippen LogP contribution in [0.15, 0.2) is 24.3 Å². The van der Waals surface area contributed by atoms with E-state index in [1.54, 1.807) is 11.9 Å². The lowest BCUT2D eigenvalue weighted by Crippen LogP contribution is -2.32. The van der Waals surface area contributed by atoms with Gasteiger partial charge in [0.15, 0.2) is 0 Å². The third kappa shape index (κ3) is 5.42. The molecule has 0 radical (unpaired) electrons. The molecule has 0 aliphatic heterocycles. The van der Waals surface area contributed by atoms with Gasteiger partial charge in [0, 0.05) is 25.7 Å². The Balaban J connectivity index is 2.36. The van der Waals surface area contributed by atoms with Crippen molar-refractivity contribution >= 4 is 17.7 Å². The topological polar surface area (TPSA) is 58.6 Å². The maximum absolute atomic E-state index is 11.8. The van der Waals surface area contributed by atoms with Gasteiger partial charge in [0.1, 0.15) is 0 Å². The van der Waals surface area contributed by atoms with Crippen LogP contribution in [0.5, 0.6) is 0 Å². The number of nitrogens with one attached hydrogen (secondary N) is 1. The lowest BCUT2D eigenvalue weighted by molar-refractivity contribution is -0.140. The SMILES string of the molecule is COC(=O)CCCN(C)C(=O)Nc1ccc(C)cc1. The Morgan fingerprint density at radius 2 is 1.89 bits per heavy atom. The Morgan fingerprint density at radius 3 is 2.47 bits per heavy atom. The maximum Gasteiger partial charge on any atom is 0.321 e. The second kappa shape index (κ2) is 7.41. The number of hydrogen-bond donors (Lipinski definition) is 1. The highest BCUT2D eigenvalue weighted by Gasteiger charge is 2.09. The fourth-order valence-electron chi connectivity index (χ4n) is 1.52. The summed E-state index contributed by atoms with van der Waals surface area (Å²) in [6.45, 7) is 2.50. The van der Waals surface area contributed by atoms with Gasteiger partial charge in [-0.2, -0.15) is 0 Å². The van der Waals surface area contributed by atoms with Crippen LogP contribution in [0.4, 0.5) is 10.5 Å². The zero-order valence-corrected chi connectivity index (χ0v) is 11.6. The van der Waals surface area contributed by atoms with E-state index in [0.717, 1.165) is 11.3 Å². The van der Waals surface area contributed by atoms with E-state index in [2.05, 4.69) is 10.1 Å². The number of rotatable bonds is 5. The minimum atomic E-state index is -0.257. The van der Waals surface area contributed by atoms with Gasteiger partial charge in [-0.3, -0.25) is 4.79 Å². The largest absolute Gasteiger partial charge is 0.469 e. The number of nitrogens with zero attached hydrogens (tertiary/aromatic N) is 1. The predicted molar refractivity (Wildman–Crippen MR) is 74.1 cm³/mol.